The molecule has 0 aliphatic carbocycles. The topological polar surface area (TPSA) is 36.4 Å². The van der Waals surface area contributed by atoms with Gasteiger partial charge in [0, 0.05) is 38.5 Å². The predicted octanol–water partition coefficient (Wildman–Crippen LogP) is 1.88. The maximum Gasteiger partial charge on any atom is 0.186 e. The van der Waals surface area contributed by atoms with Crippen LogP contribution < -0.4 is 4.90 Å². The fourth-order valence-electron chi connectivity index (χ4n) is 2.05. The van der Waals surface area contributed by atoms with Crippen molar-refractivity contribution in [3.05, 3.63) is 11.1 Å². The molecule has 0 bridgehead atoms. The number of anilines is 1. The van der Waals surface area contributed by atoms with Crippen molar-refractivity contribution >= 4 is 22.3 Å². The van der Waals surface area contributed by atoms with Crippen LogP contribution in [0.4, 0.5) is 5.13 Å². The van der Waals surface area contributed by atoms with Crippen molar-refractivity contribution < 1.29 is 4.79 Å². The van der Waals surface area contributed by atoms with E-state index in [0.29, 0.717) is 5.69 Å². The van der Waals surface area contributed by atoms with Crippen molar-refractivity contribution in [1.29, 1.82) is 0 Å². The van der Waals surface area contributed by atoms with Gasteiger partial charge in [0.15, 0.2) is 10.9 Å². The molecular weight excluding hydrogens is 234 g/mol. The summed E-state index contributed by atoms with van der Waals surface area (Å²) in [5.74, 6) is 0.0529. The third-order valence-electron chi connectivity index (χ3n) is 3.04. The molecule has 5 heteroatoms. The van der Waals surface area contributed by atoms with Crippen LogP contribution in [0.5, 0.6) is 0 Å². The predicted molar refractivity (Wildman–Crippen MR) is 71.1 cm³/mol. The zero-order chi connectivity index (χ0) is 12.3. The van der Waals surface area contributed by atoms with Gasteiger partial charge in [-0.1, -0.05) is 6.92 Å². The smallest absolute Gasteiger partial charge is 0.186 e. The van der Waals surface area contributed by atoms with Crippen LogP contribution in [0.3, 0.4) is 0 Å². The molecule has 94 valence electrons. The molecule has 1 fully saturated rings. The number of piperazine rings is 1. The van der Waals surface area contributed by atoms with E-state index in [-0.39, 0.29) is 5.78 Å². The molecule has 0 atom stereocenters. The Kier molecular flexibility index (Phi) is 4.12. The van der Waals surface area contributed by atoms with Crippen molar-refractivity contribution in [2.45, 2.75) is 20.3 Å². The third kappa shape index (κ3) is 3.04. The average Bonchev–Trinajstić information content (AvgIpc) is 2.80. The molecule has 1 aromatic heterocycles. The summed E-state index contributed by atoms with van der Waals surface area (Å²) in [4.78, 5) is 20.3. The second-order valence-corrected chi connectivity index (χ2v) is 5.24. The Balaban J connectivity index is 1.93. The van der Waals surface area contributed by atoms with Gasteiger partial charge in [-0.3, -0.25) is 9.69 Å². The Morgan fingerprint density at radius 3 is 2.65 bits per heavy atom. The average molecular weight is 253 g/mol. The summed E-state index contributed by atoms with van der Waals surface area (Å²) in [5.41, 5.74) is 0.598. The lowest BCUT2D eigenvalue weighted by molar-refractivity contribution is 0.101. The lowest BCUT2D eigenvalue weighted by Crippen LogP contribution is -2.46. The first-order valence-electron chi connectivity index (χ1n) is 6.14. The summed E-state index contributed by atoms with van der Waals surface area (Å²) in [6.45, 7) is 9.20. The van der Waals surface area contributed by atoms with Gasteiger partial charge in [0.05, 0.1) is 0 Å². The van der Waals surface area contributed by atoms with Gasteiger partial charge in [0.1, 0.15) is 5.69 Å². The minimum Gasteiger partial charge on any atom is -0.346 e. The summed E-state index contributed by atoms with van der Waals surface area (Å²) in [6, 6.07) is 0. The molecule has 0 aromatic carbocycles. The lowest BCUT2D eigenvalue weighted by Gasteiger charge is -2.34. The molecule has 1 aliphatic rings. The molecule has 0 unspecified atom stereocenters. The molecule has 1 aliphatic heterocycles. The standard InChI is InChI=1S/C12H19N3OS/c1-3-4-14-5-7-15(8-6-14)12-13-11(9-17-12)10(2)16/h9H,3-8H2,1-2H3. The Morgan fingerprint density at radius 1 is 1.41 bits per heavy atom. The SMILES string of the molecule is CCCN1CCN(c2nc(C(C)=O)cs2)CC1. The number of ketones is 1. The van der Waals surface area contributed by atoms with Crippen LogP contribution in [0, 0.1) is 0 Å². The highest BCUT2D eigenvalue weighted by Gasteiger charge is 2.19. The van der Waals surface area contributed by atoms with Crippen molar-refractivity contribution in [3.63, 3.8) is 0 Å². The van der Waals surface area contributed by atoms with Crippen LogP contribution in [-0.4, -0.2) is 48.4 Å². The van der Waals surface area contributed by atoms with Gasteiger partial charge in [-0.15, -0.1) is 11.3 Å². The third-order valence-corrected chi connectivity index (χ3v) is 3.94. The number of hydrogen-bond donors (Lipinski definition) is 0. The molecule has 17 heavy (non-hydrogen) atoms. The maximum atomic E-state index is 11.2. The van der Waals surface area contributed by atoms with Crippen molar-refractivity contribution in [2.24, 2.45) is 0 Å². The van der Waals surface area contributed by atoms with Crippen LogP contribution in [0.2, 0.25) is 0 Å². The summed E-state index contributed by atoms with van der Waals surface area (Å²) in [7, 11) is 0. The number of carbonyl (C=O) groups is 1. The first kappa shape index (κ1) is 12.5. The Bertz CT molecular complexity index is 383. The van der Waals surface area contributed by atoms with E-state index >= 15 is 0 Å². The highest BCUT2D eigenvalue weighted by Crippen LogP contribution is 2.22. The molecule has 0 N–H and O–H groups in total. The molecule has 2 heterocycles. The van der Waals surface area contributed by atoms with Gasteiger partial charge in [0.25, 0.3) is 0 Å². The second-order valence-electron chi connectivity index (χ2n) is 4.40. The van der Waals surface area contributed by atoms with Crippen molar-refractivity contribution in [2.75, 3.05) is 37.6 Å². The first-order valence-corrected chi connectivity index (χ1v) is 7.02. The van der Waals surface area contributed by atoms with Gasteiger partial charge >= 0.3 is 0 Å². The zero-order valence-corrected chi connectivity index (χ0v) is 11.3. The molecule has 0 radical (unpaired) electrons. The Hall–Kier alpha value is -0.940. The van der Waals surface area contributed by atoms with Crippen LogP contribution in [0.1, 0.15) is 30.8 Å². The van der Waals surface area contributed by atoms with Crippen LogP contribution >= 0.6 is 11.3 Å². The van der Waals surface area contributed by atoms with E-state index in [2.05, 4.69) is 21.7 Å². The monoisotopic (exact) mass is 253 g/mol. The molecule has 2 rings (SSSR count). The van der Waals surface area contributed by atoms with Gasteiger partial charge in [-0.05, 0) is 13.0 Å². The molecule has 0 amide bonds. The summed E-state index contributed by atoms with van der Waals surface area (Å²) in [6.07, 6.45) is 1.21. The minimum absolute atomic E-state index is 0.0529. The Morgan fingerprint density at radius 2 is 2.12 bits per heavy atom. The van der Waals surface area contributed by atoms with Gasteiger partial charge in [0.2, 0.25) is 0 Å². The highest BCUT2D eigenvalue weighted by molar-refractivity contribution is 7.13. The molecule has 1 saturated heterocycles. The first-order chi connectivity index (χ1) is 8.20. The van der Waals surface area contributed by atoms with E-state index in [9.17, 15) is 4.79 Å². The van der Waals surface area contributed by atoms with Crippen molar-refractivity contribution in [1.82, 2.24) is 9.88 Å². The molecule has 0 spiro atoms. The number of Topliss-reactive ketones (excluding diaryl/α,β-unsaturated/α-hetero) is 1. The van der Waals surface area contributed by atoms with Crippen LogP contribution in [0.25, 0.3) is 0 Å². The molecular formula is C12H19N3OS. The zero-order valence-electron chi connectivity index (χ0n) is 10.5. The van der Waals surface area contributed by atoms with Gasteiger partial charge in [-0.2, -0.15) is 0 Å². The number of hydrogen-bond acceptors (Lipinski definition) is 5. The summed E-state index contributed by atoms with van der Waals surface area (Å²) in [5, 5.41) is 2.85. The van der Waals surface area contributed by atoms with Crippen molar-refractivity contribution in [3.8, 4) is 0 Å². The summed E-state index contributed by atoms with van der Waals surface area (Å²) >= 11 is 1.57. The number of nitrogens with zero attached hydrogens (tertiary/aromatic N) is 3. The van der Waals surface area contributed by atoms with E-state index in [4.69, 9.17) is 0 Å². The Labute approximate surface area is 106 Å². The summed E-state index contributed by atoms with van der Waals surface area (Å²) < 4.78 is 0. The van der Waals surface area contributed by atoms with Crippen LogP contribution in [0.15, 0.2) is 5.38 Å². The van der Waals surface area contributed by atoms with Gasteiger partial charge in [-0.25, -0.2) is 4.98 Å². The fourth-order valence-corrected chi connectivity index (χ4v) is 2.97. The maximum absolute atomic E-state index is 11.2. The number of carbonyl (C=O) groups excluding carboxylic acids is 1. The highest BCUT2D eigenvalue weighted by atomic mass is 32.1. The van der Waals surface area contributed by atoms with Crippen LogP contribution in [-0.2, 0) is 0 Å². The second kappa shape index (κ2) is 5.60. The minimum atomic E-state index is 0.0529. The quantitative estimate of drug-likeness (QED) is 0.768. The van der Waals surface area contributed by atoms with Gasteiger partial charge < -0.3 is 4.90 Å². The van der Waals surface area contributed by atoms with E-state index in [1.165, 1.54) is 13.0 Å². The fraction of sp³-hybridized carbons (Fsp3) is 0.667. The van der Waals surface area contributed by atoms with E-state index < -0.39 is 0 Å². The number of thiazole rings is 1. The van der Waals surface area contributed by atoms with E-state index in [0.717, 1.165) is 31.3 Å². The molecule has 1 aromatic rings. The normalized spacial score (nSPS) is 17.4. The molecule has 4 nitrogen and oxygen atoms in total. The number of aromatic nitrogens is 1. The lowest BCUT2D eigenvalue weighted by atomic mass is 10.3. The van der Waals surface area contributed by atoms with E-state index in [1.54, 1.807) is 18.3 Å². The number of rotatable bonds is 4. The van der Waals surface area contributed by atoms with E-state index in [1.807, 2.05) is 5.38 Å². The largest absolute Gasteiger partial charge is 0.346 e. The molecule has 0 saturated carbocycles.